The lowest BCUT2D eigenvalue weighted by atomic mass is 9.96. The predicted molar refractivity (Wildman–Crippen MR) is 73.1 cm³/mol. The summed E-state index contributed by atoms with van der Waals surface area (Å²) in [6.45, 7) is 6.90. The van der Waals surface area contributed by atoms with E-state index in [1.54, 1.807) is 0 Å². The second-order valence-corrected chi connectivity index (χ2v) is 6.37. The lowest BCUT2D eigenvalue weighted by Crippen LogP contribution is -2.42. The minimum absolute atomic E-state index is 0.327. The van der Waals surface area contributed by atoms with Crippen molar-refractivity contribution in [1.82, 2.24) is 5.32 Å². The van der Waals surface area contributed by atoms with Crippen molar-refractivity contribution in [2.45, 2.75) is 64.5 Å². The lowest BCUT2D eigenvalue weighted by Gasteiger charge is -2.25. The van der Waals surface area contributed by atoms with Gasteiger partial charge < -0.3 is 5.32 Å². The maximum absolute atomic E-state index is 4.89. The van der Waals surface area contributed by atoms with Gasteiger partial charge in [-0.1, -0.05) is 32.5 Å². The highest BCUT2D eigenvalue weighted by molar-refractivity contribution is 8.14. The Morgan fingerprint density at radius 3 is 2.62 bits per heavy atom. The van der Waals surface area contributed by atoms with Crippen molar-refractivity contribution in [2.24, 2.45) is 10.9 Å². The van der Waals surface area contributed by atoms with E-state index >= 15 is 0 Å². The molecule has 1 saturated heterocycles. The van der Waals surface area contributed by atoms with Crippen LogP contribution in [0.2, 0.25) is 0 Å². The van der Waals surface area contributed by atoms with Crippen LogP contribution in [0.4, 0.5) is 0 Å². The molecular weight excluding hydrogens is 216 g/mol. The Hall–Kier alpha value is -0.180. The molecule has 2 rings (SSSR count). The molecule has 2 aliphatic rings. The van der Waals surface area contributed by atoms with E-state index in [4.69, 9.17) is 4.99 Å². The van der Waals surface area contributed by atoms with Gasteiger partial charge in [-0.3, -0.25) is 4.99 Å². The fourth-order valence-corrected chi connectivity index (χ4v) is 4.07. The second kappa shape index (κ2) is 4.99. The molecule has 2 nitrogen and oxygen atoms in total. The zero-order valence-electron chi connectivity index (χ0n) is 10.8. The van der Waals surface area contributed by atoms with E-state index in [9.17, 15) is 0 Å². The Morgan fingerprint density at radius 2 is 2.12 bits per heavy atom. The summed E-state index contributed by atoms with van der Waals surface area (Å²) in [6, 6.07) is 0.592. The molecular formula is C13H24N2S. The minimum atomic E-state index is 0.327. The number of aliphatic imine (C=N–C) groups is 1. The molecule has 1 N–H and O–H groups in total. The van der Waals surface area contributed by atoms with E-state index in [0.29, 0.717) is 11.6 Å². The molecule has 2 atom stereocenters. The van der Waals surface area contributed by atoms with Gasteiger partial charge in [-0.15, -0.1) is 0 Å². The van der Waals surface area contributed by atoms with Crippen molar-refractivity contribution < 1.29 is 0 Å². The summed E-state index contributed by atoms with van der Waals surface area (Å²) in [5, 5.41) is 4.87. The van der Waals surface area contributed by atoms with Crippen molar-refractivity contribution in [3.8, 4) is 0 Å². The zero-order valence-corrected chi connectivity index (χ0v) is 11.6. The van der Waals surface area contributed by atoms with Gasteiger partial charge in [0.25, 0.3) is 0 Å². The van der Waals surface area contributed by atoms with Crippen LogP contribution >= 0.6 is 11.8 Å². The highest BCUT2D eigenvalue weighted by Gasteiger charge is 2.34. The number of rotatable bonds is 3. The highest BCUT2D eigenvalue weighted by atomic mass is 32.2. The van der Waals surface area contributed by atoms with Crippen LogP contribution in [-0.4, -0.2) is 22.5 Å². The third-order valence-corrected chi connectivity index (χ3v) is 5.36. The molecule has 2 unspecified atom stereocenters. The van der Waals surface area contributed by atoms with Crippen LogP contribution in [0.1, 0.15) is 52.9 Å². The van der Waals surface area contributed by atoms with E-state index in [1.807, 2.05) is 11.8 Å². The Morgan fingerprint density at radius 1 is 1.38 bits per heavy atom. The van der Waals surface area contributed by atoms with Crippen molar-refractivity contribution in [3.05, 3.63) is 0 Å². The Kier molecular flexibility index (Phi) is 3.83. The summed E-state index contributed by atoms with van der Waals surface area (Å²) >= 11 is 1.93. The fourth-order valence-electron chi connectivity index (χ4n) is 2.67. The van der Waals surface area contributed by atoms with Crippen LogP contribution in [0.15, 0.2) is 4.99 Å². The second-order valence-electron chi connectivity index (χ2n) is 5.41. The van der Waals surface area contributed by atoms with Crippen molar-refractivity contribution in [1.29, 1.82) is 0 Å². The van der Waals surface area contributed by atoms with E-state index in [-0.39, 0.29) is 0 Å². The maximum atomic E-state index is 4.89. The Balaban J connectivity index is 1.95. The fraction of sp³-hybridized carbons (Fsp3) is 0.923. The number of nitrogens with zero attached hydrogens (tertiary/aromatic N) is 1. The smallest absolute Gasteiger partial charge is 0.157 e. The molecule has 0 radical (unpaired) electrons. The van der Waals surface area contributed by atoms with Crippen LogP contribution in [0.3, 0.4) is 0 Å². The SMILES string of the molecule is CCC1(CC)CSC(=NC2CCC(C)C2)N1. The average molecular weight is 240 g/mol. The van der Waals surface area contributed by atoms with Crippen molar-refractivity contribution >= 4 is 16.9 Å². The lowest BCUT2D eigenvalue weighted by molar-refractivity contribution is 0.407. The first-order valence-corrected chi connectivity index (χ1v) is 7.65. The average Bonchev–Trinajstić information content (AvgIpc) is 2.87. The van der Waals surface area contributed by atoms with E-state index in [0.717, 1.165) is 5.92 Å². The topological polar surface area (TPSA) is 24.4 Å². The van der Waals surface area contributed by atoms with Crippen LogP contribution in [0.25, 0.3) is 0 Å². The molecule has 0 aromatic rings. The molecule has 1 aliphatic heterocycles. The first-order chi connectivity index (χ1) is 7.67. The van der Waals surface area contributed by atoms with Gasteiger partial charge in [0.1, 0.15) is 0 Å². The van der Waals surface area contributed by atoms with Gasteiger partial charge >= 0.3 is 0 Å². The predicted octanol–water partition coefficient (Wildman–Crippen LogP) is 3.43. The Bertz CT molecular complexity index is 271. The molecule has 1 aliphatic carbocycles. The van der Waals surface area contributed by atoms with Gasteiger partial charge in [0.15, 0.2) is 5.17 Å². The van der Waals surface area contributed by atoms with Gasteiger partial charge in [0.05, 0.1) is 6.04 Å². The number of nitrogens with one attached hydrogen (secondary N) is 1. The third-order valence-electron chi connectivity index (χ3n) is 4.18. The van der Waals surface area contributed by atoms with Crippen LogP contribution < -0.4 is 5.32 Å². The van der Waals surface area contributed by atoms with Gasteiger partial charge in [-0.25, -0.2) is 0 Å². The summed E-state index contributed by atoms with van der Waals surface area (Å²) in [7, 11) is 0. The molecule has 1 heterocycles. The Labute approximate surface area is 104 Å². The number of thioether (sulfide) groups is 1. The maximum Gasteiger partial charge on any atom is 0.157 e. The molecule has 0 aromatic carbocycles. The first kappa shape index (κ1) is 12.3. The number of amidine groups is 1. The molecule has 0 amide bonds. The van der Waals surface area contributed by atoms with E-state index in [1.165, 1.54) is 43.0 Å². The highest BCUT2D eigenvalue weighted by Crippen LogP contribution is 2.32. The number of hydrogen-bond acceptors (Lipinski definition) is 2. The minimum Gasteiger partial charge on any atom is -0.359 e. The molecule has 2 fully saturated rings. The molecule has 1 saturated carbocycles. The molecule has 0 spiro atoms. The first-order valence-electron chi connectivity index (χ1n) is 6.66. The van der Waals surface area contributed by atoms with Crippen molar-refractivity contribution in [3.63, 3.8) is 0 Å². The van der Waals surface area contributed by atoms with Crippen LogP contribution in [0, 0.1) is 5.92 Å². The molecule has 16 heavy (non-hydrogen) atoms. The largest absolute Gasteiger partial charge is 0.359 e. The normalized spacial score (nSPS) is 35.6. The standard InChI is InChI=1S/C13H24N2S/c1-4-13(5-2)9-16-12(15-13)14-11-7-6-10(3)8-11/h10-11H,4-9H2,1-3H3,(H,14,15). The summed E-state index contributed by atoms with van der Waals surface area (Å²) in [5.41, 5.74) is 0.327. The quantitative estimate of drug-likeness (QED) is 0.817. The summed E-state index contributed by atoms with van der Waals surface area (Å²) in [6.07, 6.45) is 6.35. The van der Waals surface area contributed by atoms with Gasteiger partial charge in [-0.2, -0.15) is 0 Å². The van der Waals surface area contributed by atoms with Gasteiger partial charge in [0, 0.05) is 11.3 Å². The van der Waals surface area contributed by atoms with Crippen LogP contribution in [-0.2, 0) is 0 Å². The van der Waals surface area contributed by atoms with Crippen LogP contribution in [0.5, 0.6) is 0 Å². The summed E-state index contributed by atoms with van der Waals surface area (Å²) < 4.78 is 0. The third kappa shape index (κ3) is 2.55. The van der Waals surface area contributed by atoms with Gasteiger partial charge in [0.2, 0.25) is 0 Å². The molecule has 3 heteroatoms. The molecule has 0 bridgehead atoms. The van der Waals surface area contributed by atoms with E-state index in [2.05, 4.69) is 26.1 Å². The monoisotopic (exact) mass is 240 g/mol. The number of hydrogen-bond donors (Lipinski definition) is 1. The summed E-state index contributed by atoms with van der Waals surface area (Å²) in [5.74, 6) is 2.07. The zero-order chi connectivity index (χ0) is 11.6. The molecule has 92 valence electrons. The van der Waals surface area contributed by atoms with Crippen molar-refractivity contribution in [2.75, 3.05) is 5.75 Å². The van der Waals surface area contributed by atoms with E-state index < -0.39 is 0 Å². The summed E-state index contributed by atoms with van der Waals surface area (Å²) in [4.78, 5) is 4.89. The van der Waals surface area contributed by atoms with Gasteiger partial charge in [-0.05, 0) is 38.0 Å². The molecule has 0 aromatic heterocycles.